The Labute approximate surface area is 123 Å². The lowest BCUT2D eigenvalue weighted by atomic mass is 10.1. The van der Waals surface area contributed by atoms with Crippen LogP contribution in [0.3, 0.4) is 0 Å². The van der Waals surface area contributed by atoms with Crippen LogP contribution in [0.5, 0.6) is 0 Å². The van der Waals surface area contributed by atoms with Crippen molar-refractivity contribution in [2.45, 2.75) is 52.5 Å². The summed E-state index contributed by atoms with van der Waals surface area (Å²) in [4.78, 5) is 1.06. The van der Waals surface area contributed by atoms with Gasteiger partial charge in [0.05, 0.1) is 5.69 Å². The predicted molar refractivity (Wildman–Crippen MR) is 76.9 cm³/mol. The second-order valence-electron chi connectivity index (χ2n) is 5.62. The van der Waals surface area contributed by atoms with E-state index in [1.807, 2.05) is 13.8 Å². The molecule has 21 heavy (non-hydrogen) atoms. The second-order valence-corrected chi connectivity index (χ2v) is 5.62. The molecule has 1 N–H and O–H groups in total. The fraction of sp³-hybridized carbons (Fsp3) is 0.600. The summed E-state index contributed by atoms with van der Waals surface area (Å²) in [7, 11) is 0. The maximum Gasteiger partial charge on any atom is 0.405 e. The van der Waals surface area contributed by atoms with E-state index in [4.69, 9.17) is 0 Å². The molecule has 1 rings (SSSR count). The average Bonchev–Trinajstić information content (AvgIpc) is 2.32. The molecule has 0 spiro atoms. The van der Waals surface area contributed by atoms with Gasteiger partial charge in [-0.15, -0.1) is 0 Å². The first-order chi connectivity index (χ1) is 9.61. The van der Waals surface area contributed by atoms with E-state index in [-0.39, 0.29) is 11.7 Å². The van der Waals surface area contributed by atoms with Crippen LogP contribution < -0.4 is 10.2 Å². The molecule has 0 saturated heterocycles. The van der Waals surface area contributed by atoms with E-state index < -0.39 is 24.6 Å². The van der Waals surface area contributed by atoms with E-state index in [1.54, 1.807) is 19.9 Å². The zero-order chi connectivity index (χ0) is 16.2. The van der Waals surface area contributed by atoms with Gasteiger partial charge in [-0.2, -0.15) is 13.2 Å². The molecule has 0 saturated carbocycles. The van der Waals surface area contributed by atoms with E-state index in [2.05, 4.69) is 5.32 Å². The van der Waals surface area contributed by atoms with E-state index in [0.717, 1.165) is 4.90 Å². The van der Waals surface area contributed by atoms with Crippen molar-refractivity contribution in [3.8, 4) is 0 Å². The number of nitrogens with one attached hydrogen (secondary N) is 1. The van der Waals surface area contributed by atoms with Crippen molar-refractivity contribution in [1.29, 1.82) is 0 Å². The summed E-state index contributed by atoms with van der Waals surface area (Å²) in [5.74, 6) is -0.629. The Morgan fingerprint density at radius 3 is 2.24 bits per heavy atom. The standard InChI is InChI=1S/C15H22F4N2/c1-10(2)20-8-12-6-5-7-13(16)14(12)21(11(3)4)9-15(17,18)19/h5-7,10-11,20H,8-9H2,1-4H3. The number of halogens is 4. The first-order valence-corrected chi connectivity index (χ1v) is 6.96. The van der Waals surface area contributed by atoms with Gasteiger partial charge >= 0.3 is 6.18 Å². The molecule has 0 aliphatic carbocycles. The Morgan fingerprint density at radius 2 is 1.76 bits per heavy atom. The number of nitrogens with zero attached hydrogens (tertiary/aromatic N) is 1. The molecule has 0 amide bonds. The number of hydrogen-bond acceptors (Lipinski definition) is 2. The molecule has 2 nitrogen and oxygen atoms in total. The summed E-state index contributed by atoms with van der Waals surface area (Å²) < 4.78 is 52.4. The quantitative estimate of drug-likeness (QED) is 0.796. The van der Waals surface area contributed by atoms with Crippen LogP contribution in [0.15, 0.2) is 18.2 Å². The third-order valence-electron chi connectivity index (χ3n) is 3.03. The summed E-state index contributed by atoms with van der Waals surface area (Å²) in [5, 5.41) is 3.11. The summed E-state index contributed by atoms with van der Waals surface area (Å²) in [6, 6.07) is 4.07. The third-order valence-corrected chi connectivity index (χ3v) is 3.03. The molecule has 0 aliphatic rings. The summed E-state index contributed by atoms with van der Waals surface area (Å²) in [6.07, 6.45) is -4.38. The number of benzene rings is 1. The predicted octanol–water partition coefficient (Wildman–Crippen LogP) is 4.10. The topological polar surface area (TPSA) is 15.3 Å². The first kappa shape index (κ1) is 17.8. The fourth-order valence-corrected chi connectivity index (χ4v) is 2.05. The molecular weight excluding hydrogens is 284 g/mol. The smallest absolute Gasteiger partial charge is 0.357 e. The normalized spacial score (nSPS) is 12.3. The van der Waals surface area contributed by atoms with Crippen molar-refractivity contribution >= 4 is 5.69 Å². The zero-order valence-corrected chi connectivity index (χ0v) is 12.8. The van der Waals surface area contributed by atoms with Crippen LogP contribution in [0, 0.1) is 5.82 Å². The molecule has 0 fully saturated rings. The van der Waals surface area contributed by atoms with Gasteiger partial charge in [0, 0.05) is 18.6 Å². The minimum atomic E-state index is -4.38. The van der Waals surface area contributed by atoms with Gasteiger partial charge in [0.1, 0.15) is 12.4 Å². The summed E-state index contributed by atoms with van der Waals surface area (Å²) in [6.45, 7) is 6.26. The molecule has 6 heteroatoms. The van der Waals surface area contributed by atoms with Crippen LogP contribution >= 0.6 is 0 Å². The minimum Gasteiger partial charge on any atom is -0.357 e. The lowest BCUT2D eigenvalue weighted by molar-refractivity contribution is -0.120. The van der Waals surface area contributed by atoms with E-state index in [1.165, 1.54) is 12.1 Å². The highest BCUT2D eigenvalue weighted by molar-refractivity contribution is 5.55. The van der Waals surface area contributed by atoms with Crippen LogP contribution in [-0.4, -0.2) is 24.8 Å². The van der Waals surface area contributed by atoms with Gasteiger partial charge in [-0.3, -0.25) is 0 Å². The molecule has 0 radical (unpaired) electrons. The van der Waals surface area contributed by atoms with E-state index in [0.29, 0.717) is 12.1 Å². The van der Waals surface area contributed by atoms with Crippen LogP contribution in [0.25, 0.3) is 0 Å². The highest BCUT2D eigenvalue weighted by Crippen LogP contribution is 2.30. The number of para-hydroxylation sites is 1. The Bertz CT molecular complexity index is 455. The van der Waals surface area contributed by atoms with Gasteiger partial charge in [0.15, 0.2) is 0 Å². The molecule has 1 aromatic carbocycles. The average molecular weight is 306 g/mol. The molecule has 120 valence electrons. The van der Waals surface area contributed by atoms with Gasteiger partial charge in [0.25, 0.3) is 0 Å². The van der Waals surface area contributed by atoms with Crippen LogP contribution in [0.2, 0.25) is 0 Å². The Hall–Kier alpha value is -1.30. The molecule has 0 bridgehead atoms. The Balaban J connectivity index is 3.16. The summed E-state index contributed by atoms with van der Waals surface area (Å²) in [5.41, 5.74) is 0.555. The van der Waals surface area contributed by atoms with Gasteiger partial charge < -0.3 is 10.2 Å². The maximum absolute atomic E-state index is 14.1. The van der Waals surface area contributed by atoms with Crippen molar-refractivity contribution in [3.05, 3.63) is 29.6 Å². The zero-order valence-electron chi connectivity index (χ0n) is 12.8. The molecule has 0 heterocycles. The lowest BCUT2D eigenvalue weighted by Gasteiger charge is -2.32. The Kier molecular flexibility index (Phi) is 6.01. The number of rotatable bonds is 6. The third kappa shape index (κ3) is 5.53. The first-order valence-electron chi connectivity index (χ1n) is 6.96. The van der Waals surface area contributed by atoms with Gasteiger partial charge in [-0.25, -0.2) is 4.39 Å². The summed E-state index contributed by atoms with van der Waals surface area (Å²) >= 11 is 0. The highest BCUT2D eigenvalue weighted by Gasteiger charge is 2.33. The SMILES string of the molecule is CC(C)NCc1cccc(F)c1N(CC(F)(F)F)C(C)C. The molecule has 1 aromatic rings. The highest BCUT2D eigenvalue weighted by atomic mass is 19.4. The maximum atomic E-state index is 14.1. The molecule has 0 unspecified atom stereocenters. The lowest BCUT2D eigenvalue weighted by Crippen LogP contribution is -2.40. The van der Waals surface area contributed by atoms with Crippen molar-refractivity contribution in [1.82, 2.24) is 5.32 Å². The number of anilines is 1. The monoisotopic (exact) mass is 306 g/mol. The van der Waals surface area contributed by atoms with Crippen molar-refractivity contribution in [2.24, 2.45) is 0 Å². The second kappa shape index (κ2) is 7.11. The van der Waals surface area contributed by atoms with Gasteiger partial charge in [-0.1, -0.05) is 26.0 Å². The molecular formula is C15H22F4N2. The van der Waals surface area contributed by atoms with E-state index in [9.17, 15) is 17.6 Å². The minimum absolute atomic E-state index is 0.0259. The van der Waals surface area contributed by atoms with Crippen molar-refractivity contribution < 1.29 is 17.6 Å². The van der Waals surface area contributed by atoms with Crippen LogP contribution in [0.4, 0.5) is 23.2 Å². The largest absolute Gasteiger partial charge is 0.405 e. The van der Waals surface area contributed by atoms with Crippen molar-refractivity contribution in [3.63, 3.8) is 0 Å². The van der Waals surface area contributed by atoms with E-state index >= 15 is 0 Å². The van der Waals surface area contributed by atoms with Gasteiger partial charge in [-0.05, 0) is 25.5 Å². The van der Waals surface area contributed by atoms with Gasteiger partial charge in [0.2, 0.25) is 0 Å². The molecule has 0 atom stereocenters. The molecule has 0 aromatic heterocycles. The fourth-order valence-electron chi connectivity index (χ4n) is 2.05. The number of alkyl halides is 3. The molecule has 0 aliphatic heterocycles. The van der Waals surface area contributed by atoms with Crippen LogP contribution in [0.1, 0.15) is 33.3 Å². The van der Waals surface area contributed by atoms with Crippen LogP contribution in [-0.2, 0) is 6.54 Å². The Morgan fingerprint density at radius 1 is 1.14 bits per heavy atom. The van der Waals surface area contributed by atoms with Crippen molar-refractivity contribution in [2.75, 3.05) is 11.4 Å². The number of hydrogen-bond donors (Lipinski definition) is 1.